The summed E-state index contributed by atoms with van der Waals surface area (Å²) in [6.45, 7) is 4.40. The van der Waals surface area contributed by atoms with Crippen molar-refractivity contribution in [1.29, 1.82) is 0 Å². The highest BCUT2D eigenvalue weighted by Gasteiger charge is 2.36. The molecule has 1 fully saturated rings. The molecule has 1 N–H and O–H groups in total. The lowest BCUT2D eigenvalue weighted by atomic mass is 10.1. The Morgan fingerprint density at radius 1 is 0.886 bits per heavy atom. The van der Waals surface area contributed by atoms with Gasteiger partial charge in [-0.3, -0.25) is 14.9 Å². The molecular weight excluding hydrogens is 444 g/mol. The third-order valence-corrected chi connectivity index (χ3v) is 5.72. The molecule has 0 unspecified atom stereocenters. The molecule has 178 valence electrons. The zero-order valence-electron chi connectivity index (χ0n) is 19.8. The monoisotopic (exact) mass is 470 g/mol. The molecule has 1 aliphatic rings. The first-order chi connectivity index (χ1) is 16.9. The predicted octanol–water partition coefficient (Wildman–Crippen LogP) is 4.81. The zero-order chi connectivity index (χ0) is 24.9. The first-order valence-corrected chi connectivity index (χ1v) is 11.3. The van der Waals surface area contributed by atoms with E-state index in [2.05, 4.69) is 5.32 Å². The van der Waals surface area contributed by atoms with E-state index in [1.54, 1.807) is 30.3 Å². The van der Waals surface area contributed by atoms with Gasteiger partial charge in [-0.15, -0.1) is 0 Å². The Morgan fingerprint density at radius 2 is 1.57 bits per heavy atom. The molecule has 7 heteroatoms. The summed E-state index contributed by atoms with van der Waals surface area (Å²) >= 11 is 0. The van der Waals surface area contributed by atoms with Gasteiger partial charge in [0.05, 0.1) is 12.8 Å². The van der Waals surface area contributed by atoms with Crippen molar-refractivity contribution >= 4 is 29.6 Å². The number of rotatable bonds is 7. The number of benzene rings is 3. The van der Waals surface area contributed by atoms with E-state index in [1.807, 2.05) is 50.2 Å². The SMILES string of the molecule is CCc1ccc(N2C(=O)NC(=O)/C(=C/c3ccc(OCc4ccc(C)cc4)c(OC)c3)C2=O)cc1. The molecule has 0 radical (unpaired) electrons. The third kappa shape index (κ3) is 5.24. The Morgan fingerprint density at radius 3 is 2.23 bits per heavy atom. The summed E-state index contributed by atoms with van der Waals surface area (Å²) in [7, 11) is 1.52. The molecule has 3 aromatic rings. The van der Waals surface area contributed by atoms with Crippen LogP contribution in [-0.2, 0) is 22.6 Å². The number of imide groups is 2. The molecule has 1 heterocycles. The van der Waals surface area contributed by atoms with Crippen LogP contribution in [0.3, 0.4) is 0 Å². The minimum atomic E-state index is -0.779. The number of methoxy groups -OCH3 is 1. The molecule has 4 rings (SSSR count). The second kappa shape index (κ2) is 10.3. The van der Waals surface area contributed by atoms with Crippen molar-refractivity contribution in [2.75, 3.05) is 12.0 Å². The van der Waals surface area contributed by atoms with Crippen molar-refractivity contribution in [1.82, 2.24) is 5.32 Å². The molecule has 0 bridgehead atoms. The van der Waals surface area contributed by atoms with Crippen LogP contribution in [0, 0.1) is 6.92 Å². The molecule has 0 atom stereocenters. The van der Waals surface area contributed by atoms with Crippen LogP contribution in [0.4, 0.5) is 10.5 Å². The lowest BCUT2D eigenvalue weighted by Crippen LogP contribution is -2.54. The van der Waals surface area contributed by atoms with Crippen molar-refractivity contribution in [3.8, 4) is 11.5 Å². The Hall–Kier alpha value is -4.39. The molecule has 7 nitrogen and oxygen atoms in total. The van der Waals surface area contributed by atoms with Gasteiger partial charge < -0.3 is 9.47 Å². The predicted molar refractivity (Wildman–Crippen MR) is 133 cm³/mol. The average molecular weight is 471 g/mol. The maximum Gasteiger partial charge on any atom is 0.335 e. The molecule has 1 aliphatic heterocycles. The fourth-order valence-corrected chi connectivity index (χ4v) is 3.68. The number of hydrogen-bond acceptors (Lipinski definition) is 5. The highest BCUT2D eigenvalue weighted by Crippen LogP contribution is 2.30. The number of carbonyl (C=O) groups is 3. The number of anilines is 1. The Labute approximate surface area is 204 Å². The summed E-state index contributed by atoms with van der Waals surface area (Å²) in [5, 5.41) is 2.24. The topological polar surface area (TPSA) is 84.9 Å². The summed E-state index contributed by atoms with van der Waals surface area (Å²) in [5.74, 6) is -0.456. The summed E-state index contributed by atoms with van der Waals surface area (Å²) in [5.41, 5.74) is 4.05. The van der Waals surface area contributed by atoms with Crippen molar-refractivity contribution < 1.29 is 23.9 Å². The first-order valence-electron chi connectivity index (χ1n) is 11.3. The quantitative estimate of drug-likeness (QED) is 0.396. The number of hydrogen-bond donors (Lipinski definition) is 1. The number of barbiturate groups is 1. The van der Waals surface area contributed by atoms with E-state index in [-0.39, 0.29) is 5.57 Å². The van der Waals surface area contributed by atoms with Crippen LogP contribution in [0.1, 0.15) is 29.2 Å². The molecule has 0 aliphatic carbocycles. The Balaban J connectivity index is 1.57. The fourth-order valence-electron chi connectivity index (χ4n) is 3.68. The number of amides is 4. The first kappa shape index (κ1) is 23.8. The zero-order valence-corrected chi connectivity index (χ0v) is 19.8. The number of aryl methyl sites for hydroxylation is 2. The summed E-state index contributed by atoms with van der Waals surface area (Å²) in [6.07, 6.45) is 2.26. The number of urea groups is 1. The standard InChI is InChI=1S/C28H26N2O5/c1-4-19-9-12-22(13-10-19)30-27(32)23(26(31)29-28(30)33)15-21-11-14-24(25(16-21)34-3)35-17-20-7-5-18(2)6-8-20/h5-16H,4,17H2,1-3H3,(H,29,31,33)/b23-15-. The minimum absolute atomic E-state index is 0.153. The van der Waals surface area contributed by atoms with E-state index < -0.39 is 17.8 Å². The number of ether oxygens (including phenoxy) is 2. The fraction of sp³-hybridized carbons (Fsp3) is 0.179. The van der Waals surface area contributed by atoms with Crippen LogP contribution in [-0.4, -0.2) is 25.0 Å². The van der Waals surface area contributed by atoms with Crippen LogP contribution in [0.25, 0.3) is 6.08 Å². The van der Waals surface area contributed by atoms with E-state index >= 15 is 0 Å². The third-order valence-electron chi connectivity index (χ3n) is 5.72. The minimum Gasteiger partial charge on any atom is -0.493 e. The maximum atomic E-state index is 13.1. The van der Waals surface area contributed by atoms with Gasteiger partial charge in [0, 0.05) is 0 Å². The van der Waals surface area contributed by atoms with Gasteiger partial charge in [-0.2, -0.15) is 0 Å². The van der Waals surface area contributed by atoms with Gasteiger partial charge in [0.2, 0.25) is 0 Å². The molecule has 0 aromatic heterocycles. The summed E-state index contributed by atoms with van der Waals surface area (Å²) < 4.78 is 11.4. The van der Waals surface area contributed by atoms with Gasteiger partial charge in [0.1, 0.15) is 12.2 Å². The number of carbonyl (C=O) groups excluding carboxylic acids is 3. The van der Waals surface area contributed by atoms with Crippen LogP contribution >= 0.6 is 0 Å². The largest absolute Gasteiger partial charge is 0.493 e. The molecule has 0 spiro atoms. The maximum absolute atomic E-state index is 13.1. The van der Waals surface area contributed by atoms with Crippen molar-refractivity contribution in [3.05, 3.63) is 94.6 Å². The van der Waals surface area contributed by atoms with Crippen molar-refractivity contribution in [3.63, 3.8) is 0 Å². The average Bonchev–Trinajstić information content (AvgIpc) is 2.86. The molecule has 0 saturated carbocycles. The van der Waals surface area contributed by atoms with E-state index in [0.717, 1.165) is 22.4 Å². The van der Waals surface area contributed by atoms with Gasteiger partial charge in [-0.1, -0.05) is 55.0 Å². The van der Waals surface area contributed by atoms with Gasteiger partial charge in [0.15, 0.2) is 11.5 Å². The van der Waals surface area contributed by atoms with Crippen LogP contribution in [0.2, 0.25) is 0 Å². The number of nitrogens with zero attached hydrogens (tertiary/aromatic N) is 1. The van der Waals surface area contributed by atoms with E-state index in [9.17, 15) is 14.4 Å². The van der Waals surface area contributed by atoms with Crippen molar-refractivity contribution in [2.45, 2.75) is 26.9 Å². The molecule has 3 aromatic carbocycles. The van der Waals surface area contributed by atoms with Crippen LogP contribution in [0.15, 0.2) is 72.3 Å². The van der Waals surface area contributed by atoms with E-state index in [1.165, 1.54) is 18.7 Å². The summed E-state index contributed by atoms with van der Waals surface area (Å²) in [6, 6.07) is 19.4. The Kier molecular flexibility index (Phi) is 6.96. The van der Waals surface area contributed by atoms with Crippen molar-refractivity contribution in [2.24, 2.45) is 0 Å². The highest BCUT2D eigenvalue weighted by atomic mass is 16.5. The number of nitrogens with one attached hydrogen (secondary N) is 1. The normalized spacial score (nSPS) is 14.8. The molecule has 35 heavy (non-hydrogen) atoms. The molecular formula is C28H26N2O5. The highest BCUT2D eigenvalue weighted by molar-refractivity contribution is 6.39. The van der Waals surface area contributed by atoms with Gasteiger partial charge in [-0.05, 0) is 60.4 Å². The van der Waals surface area contributed by atoms with Crippen LogP contribution < -0.4 is 19.7 Å². The lowest BCUT2D eigenvalue weighted by Gasteiger charge is -2.26. The van der Waals surface area contributed by atoms with E-state index in [4.69, 9.17) is 9.47 Å². The van der Waals surface area contributed by atoms with Gasteiger partial charge >= 0.3 is 6.03 Å². The van der Waals surface area contributed by atoms with Gasteiger partial charge in [0.25, 0.3) is 11.8 Å². The summed E-state index contributed by atoms with van der Waals surface area (Å²) in [4.78, 5) is 39.0. The van der Waals surface area contributed by atoms with Gasteiger partial charge in [-0.25, -0.2) is 9.69 Å². The molecule has 1 saturated heterocycles. The van der Waals surface area contributed by atoms with E-state index in [0.29, 0.717) is 29.4 Å². The second-order valence-corrected chi connectivity index (χ2v) is 8.16. The Bertz CT molecular complexity index is 1290. The molecule has 4 amide bonds. The smallest absolute Gasteiger partial charge is 0.335 e. The lowest BCUT2D eigenvalue weighted by molar-refractivity contribution is -0.122. The second-order valence-electron chi connectivity index (χ2n) is 8.16. The van der Waals surface area contributed by atoms with Crippen LogP contribution in [0.5, 0.6) is 11.5 Å².